The van der Waals surface area contributed by atoms with Crippen LogP contribution in [0.2, 0.25) is 0 Å². The maximum atomic E-state index is 12.1. The van der Waals surface area contributed by atoms with Crippen molar-refractivity contribution >= 4 is 15.7 Å². The summed E-state index contributed by atoms with van der Waals surface area (Å²) in [6, 6.07) is 7.40. The highest BCUT2D eigenvalue weighted by atomic mass is 32.2. The fraction of sp³-hybridized carbons (Fsp3) is 0.533. The standard InChI is InChI=1S/C15H21NO3S/c1-13-6-5-7-14(10-13)11-20(18,19)12-15(17)16-8-3-2-4-9-16/h5-7,10H,2-4,8-9,11-12H2,1H3. The Kier molecular flexibility index (Phi) is 4.81. The first-order chi connectivity index (χ1) is 9.46. The highest BCUT2D eigenvalue weighted by Gasteiger charge is 2.23. The van der Waals surface area contributed by atoms with Crippen molar-refractivity contribution in [1.29, 1.82) is 0 Å². The fourth-order valence-electron chi connectivity index (χ4n) is 2.53. The molecule has 0 aromatic heterocycles. The van der Waals surface area contributed by atoms with E-state index in [4.69, 9.17) is 0 Å². The van der Waals surface area contributed by atoms with Crippen LogP contribution in [0.4, 0.5) is 0 Å². The SMILES string of the molecule is Cc1cccc(CS(=O)(=O)CC(=O)N2CCCCC2)c1. The quantitative estimate of drug-likeness (QED) is 0.853. The second-order valence-electron chi connectivity index (χ2n) is 5.46. The van der Waals surface area contributed by atoms with Crippen LogP contribution in [0, 0.1) is 6.92 Å². The number of amides is 1. The number of hydrogen-bond donors (Lipinski definition) is 0. The van der Waals surface area contributed by atoms with Crippen LogP contribution in [0.15, 0.2) is 24.3 Å². The second-order valence-corrected chi connectivity index (χ2v) is 7.53. The van der Waals surface area contributed by atoms with Gasteiger partial charge in [0.25, 0.3) is 0 Å². The highest BCUT2D eigenvalue weighted by Crippen LogP contribution is 2.12. The zero-order chi connectivity index (χ0) is 14.6. The lowest BCUT2D eigenvalue weighted by Crippen LogP contribution is -2.39. The Morgan fingerprint density at radius 3 is 2.55 bits per heavy atom. The molecule has 4 nitrogen and oxygen atoms in total. The first-order valence-corrected chi connectivity index (χ1v) is 8.82. The molecular formula is C15H21NO3S. The normalized spacial score (nSPS) is 16.1. The number of nitrogens with zero attached hydrogens (tertiary/aromatic N) is 1. The zero-order valence-corrected chi connectivity index (χ0v) is 12.7. The minimum absolute atomic E-state index is 0.0613. The van der Waals surface area contributed by atoms with Crippen molar-refractivity contribution in [3.05, 3.63) is 35.4 Å². The first kappa shape index (κ1) is 15.0. The van der Waals surface area contributed by atoms with Crippen LogP contribution in [-0.2, 0) is 20.4 Å². The van der Waals surface area contributed by atoms with Gasteiger partial charge in [-0.2, -0.15) is 0 Å². The van der Waals surface area contributed by atoms with Gasteiger partial charge in [0.15, 0.2) is 9.84 Å². The largest absolute Gasteiger partial charge is 0.342 e. The van der Waals surface area contributed by atoms with E-state index in [1.165, 1.54) is 0 Å². The molecule has 0 unspecified atom stereocenters. The van der Waals surface area contributed by atoms with E-state index in [-0.39, 0.29) is 17.4 Å². The Bertz CT molecular complexity index is 575. The predicted octanol–water partition coefficient (Wildman–Crippen LogP) is 1.92. The number of carbonyl (C=O) groups is 1. The Hall–Kier alpha value is -1.36. The lowest BCUT2D eigenvalue weighted by molar-refractivity contribution is -0.129. The summed E-state index contributed by atoms with van der Waals surface area (Å²) in [5.41, 5.74) is 1.77. The van der Waals surface area contributed by atoms with Gasteiger partial charge >= 0.3 is 0 Å². The molecule has 0 aliphatic carbocycles. The molecule has 0 saturated carbocycles. The minimum Gasteiger partial charge on any atom is -0.342 e. The van der Waals surface area contributed by atoms with Crippen LogP contribution in [0.1, 0.15) is 30.4 Å². The van der Waals surface area contributed by atoms with E-state index in [9.17, 15) is 13.2 Å². The average molecular weight is 295 g/mol. The van der Waals surface area contributed by atoms with Crippen molar-refractivity contribution in [2.45, 2.75) is 31.9 Å². The lowest BCUT2D eigenvalue weighted by Gasteiger charge is -2.26. The van der Waals surface area contributed by atoms with Crippen LogP contribution in [0.25, 0.3) is 0 Å². The first-order valence-electron chi connectivity index (χ1n) is 7.00. The van der Waals surface area contributed by atoms with Crippen molar-refractivity contribution in [2.75, 3.05) is 18.8 Å². The number of benzene rings is 1. The van der Waals surface area contributed by atoms with Crippen LogP contribution < -0.4 is 0 Å². The van der Waals surface area contributed by atoms with Crippen molar-refractivity contribution in [2.24, 2.45) is 0 Å². The number of sulfone groups is 1. The molecule has 2 rings (SSSR count). The third-order valence-electron chi connectivity index (χ3n) is 3.52. The zero-order valence-electron chi connectivity index (χ0n) is 11.8. The maximum Gasteiger partial charge on any atom is 0.237 e. The van der Waals surface area contributed by atoms with Gasteiger partial charge in [0.05, 0.1) is 5.75 Å². The van der Waals surface area contributed by atoms with Gasteiger partial charge < -0.3 is 4.90 Å². The molecule has 1 fully saturated rings. The van der Waals surface area contributed by atoms with Gasteiger partial charge in [-0.3, -0.25) is 4.79 Å². The molecule has 1 aromatic rings. The third-order valence-corrected chi connectivity index (χ3v) is 4.98. The van der Waals surface area contributed by atoms with Crippen LogP contribution in [0.5, 0.6) is 0 Å². The summed E-state index contributed by atoms with van der Waals surface area (Å²) >= 11 is 0. The van der Waals surface area contributed by atoms with E-state index in [0.717, 1.165) is 30.4 Å². The molecule has 1 amide bonds. The Morgan fingerprint density at radius 1 is 1.20 bits per heavy atom. The second kappa shape index (κ2) is 6.39. The molecule has 1 aromatic carbocycles. The topological polar surface area (TPSA) is 54.5 Å². The minimum atomic E-state index is -3.39. The van der Waals surface area contributed by atoms with Gasteiger partial charge in [-0.05, 0) is 31.7 Å². The molecule has 1 aliphatic rings. The number of piperidine rings is 1. The van der Waals surface area contributed by atoms with Crippen LogP contribution in [0.3, 0.4) is 0 Å². The summed E-state index contributed by atoms with van der Waals surface area (Å²) < 4.78 is 24.2. The molecule has 0 N–H and O–H groups in total. The predicted molar refractivity (Wildman–Crippen MR) is 79.1 cm³/mol. The van der Waals surface area contributed by atoms with E-state index in [0.29, 0.717) is 13.1 Å². The van der Waals surface area contributed by atoms with E-state index in [1.54, 1.807) is 11.0 Å². The molecule has 0 spiro atoms. The van der Waals surface area contributed by atoms with E-state index < -0.39 is 9.84 Å². The Balaban J connectivity index is 1.98. The Morgan fingerprint density at radius 2 is 1.90 bits per heavy atom. The average Bonchev–Trinajstić information content (AvgIpc) is 2.38. The molecule has 20 heavy (non-hydrogen) atoms. The smallest absolute Gasteiger partial charge is 0.237 e. The van der Waals surface area contributed by atoms with E-state index in [2.05, 4.69) is 0 Å². The third kappa shape index (κ3) is 4.34. The maximum absolute atomic E-state index is 12.1. The monoisotopic (exact) mass is 295 g/mol. The molecule has 0 atom stereocenters. The van der Waals surface area contributed by atoms with E-state index >= 15 is 0 Å². The number of likely N-dealkylation sites (tertiary alicyclic amines) is 1. The molecule has 1 aliphatic heterocycles. The van der Waals surface area contributed by atoms with Crippen LogP contribution >= 0.6 is 0 Å². The molecule has 0 bridgehead atoms. The van der Waals surface area contributed by atoms with E-state index in [1.807, 2.05) is 25.1 Å². The summed E-state index contributed by atoms with van der Waals surface area (Å²) in [6.07, 6.45) is 3.08. The molecule has 0 radical (unpaired) electrons. The number of carbonyl (C=O) groups excluding carboxylic acids is 1. The summed E-state index contributed by atoms with van der Waals surface area (Å²) in [7, 11) is -3.39. The molecule has 1 saturated heterocycles. The molecular weight excluding hydrogens is 274 g/mol. The van der Waals surface area contributed by atoms with Crippen molar-refractivity contribution in [3.8, 4) is 0 Å². The Labute approximate surface area is 120 Å². The van der Waals surface area contributed by atoms with Crippen molar-refractivity contribution in [1.82, 2.24) is 4.90 Å². The molecule has 1 heterocycles. The van der Waals surface area contributed by atoms with Crippen molar-refractivity contribution in [3.63, 3.8) is 0 Å². The number of rotatable bonds is 4. The summed E-state index contributed by atoms with van der Waals surface area (Å²) in [5, 5.41) is 0. The van der Waals surface area contributed by atoms with Gasteiger partial charge in [0.1, 0.15) is 5.75 Å². The lowest BCUT2D eigenvalue weighted by atomic mass is 10.1. The van der Waals surface area contributed by atoms with Crippen LogP contribution in [-0.4, -0.2) is 38.1 Å². The van der Waals surface area contributed by atoms with Gasteiger partial charge in [0, 0.05) is 13.1 Å². The van der Waals surface area contributed by atoms with Gasteiger partial charge in [-0.1, -0.05) is 29.8 Å². The highest BCUT2D eigenvalue weighted by molar-refractivity contribution is 7.91. The number of hydrogen-bond acceptors (Lipinski definition) is 3. The fourth-order valence-corrected chi connectivity index (χ4v) is 3.88. The van der Waals surface area contributed by atoms with Crippen molar-refractivity contribution < 1.29 is 13.2 Å². The summed E-state index contributed by atoms with van der Waals surface area (Å²) in [4.78, 5) is 13.7. The van der Waals surface area contributed by atoms with Gasteiger partial charge in [-0.15, -0.1) is 0 Å². The van der Waals surface area contributed by atoms with Gasteiger partial charge in [-0.25, -0.2) is 8.42 Å². The summed E-state index contributed by atoms with van der Waals surface area (Å²) in [6.45, 7) is 3.31. The molecule has 5 heteroatoms. The molecule has 110 valence electrons. The van der Waals surface area contributed by atoms with Gasteiger partial charge in [0.2, 0.25) is 5.91 Å². The number of aryl methyl sites for hydroxylation is 1. The summed E-state index contributed by atoms with van der Waals surface area (Å²) in [5.74, 6) is -0.688.